The second-order valence-corrected chi connectivity index (χ2v) is 9.98. The highest BCUT2D eigenvalue weighted by Gasteiger charge is 2.23. The first-order valence-corrected chi connectivity index (χ1v) is 10.6. The molecule has 0 aliphatic heterocycles. The summed E-state index contributed by atoms with van der Waals surface area (Å²) < 4.78 is 53.2. The smallest absolute Gasteiger partial charge is 0.263 e. The summed E-state index contributed by atoms with van der Waals surface area (Å²) >= 11 is 11.8. The Balaban J connectivity index is 2.50. The number of rotatable bonds is 5. The molecular formula is C15H16Cl2N2O4S2. The Hall–Kier alpha value is -1.32. The summed E-state index contributed by atoms with van der Waals surface area (Å²) in [4.78, 5) is -0.186. The maximum Gasteiger partial charge on any atom is 0.263 e. The van der Waals surface area contributed by atoms with E-state index in [2.05, 4.69) is 4.72 Å². The summed E-state index contributed by atoms with van der Waals surface area (Å²) in [5.74, 6) is 0. The van der Waals surface area contributed by atoms with Crippen molar-refractivity contribution in [1.29, 1.82) is 0 Å². The van der Waals surface area contributed by atoms with Crippen LogP contribution in [-0.2, 0) is 20.0 Å². The van der Waals surface area contributed by atoms with Crippen LogP contribution in [0.2, 0.25) is 10.0 Å². The van der Waals surface area contributed by atoms with Crippen LogP contribution in [0.3, 0.4) is 0 Å². The fourth-order valence-electron chi connectivity index (χ4n) is 2.04. The number of anilines is 1. The summed E-state index contributed by atoms with van der Waals surface area (Å²) in [6.07, 6.45) is 0. The van der Waals surface area contributed by atoms with Gasteiger partial charge in [0.05, 0.1) is 20.6 Å². The maximum absolute atomic E-state index is 12.5. The van der Waals surface area contributed by atoms with Crippen LogP contribution in [-0.4, -0.2) is 35.2 Å². The Morgan fingerprint density at radius 3 is 2.20 bits per heavy atom. The summed E-state index contributed by atoms with van der Waals surface area (Å²) in [5.41, 5.74) is 0.597. The lowest BCUT2D eigenvalue weighted by atomic mass is 10.2. The third-order valence-corrected chi connectivity index (χ3v) is 7.72. The van der Waals surface area contributed by atoms with Crippen LogP contribution in [0.5, 0.6) is 0 Å². The van der Waals surface area contributed by atoms with Gasteiger partial charge in [0, 0.05) is 14.1 Å². The third-order valence-electron chi connectivity index (χ3n) is 3.40. The molecule has 0 aliphatic carbocycles. The highest BCUT2D eigenvalue weighted by atomic mass is 35.5. The standard InChI is InChI=1S/C15H16Cl2N2O4S2/c1-10-7-8-11(9-14(10)25(22,23)19(2)3)18-24(20,21)13-6-4-5-12(16)15(13)17/h4-9,18H,1-3H3. The lowest BCUT2D eigenvalue weighted by molar-refractivity contribution is 0.520. The Bertz CT molecular complexity index is 1020. The molecule has 0 spiro atoms. The molecule has 0 aliphatic rings. The summed E-state index contributed by atoms with van der Waals surface area (Å²) in [7, 11) is -4.95. The zero-order valence-corrected chi connectivity index (χ0v) is 16.8. The van der Waals surface area contributed by atoms with Crippen LogP contribution >= 0.6 is 23.2 Å². The summed E-state index contributed by atoms with van der Waals surface area (Å²) in [6, 6.07) is 8.49. The van der Waals surface area contributed by atoms with Gasteiger partial charge in [-0.3, -0.25) is 4.72 Å². The lowest BCUT2D eigenvalue weighted by Gasteiger charge is -2.16. The molecule has 2 aromatic carbocycles. The van der Waals surface area contributed by atoms with Crippen LogP contribution in [0.1, 0.15) is 5.56 Å². The van der Waals surface area contributed by atoms with E-state index in [1.54, 1.807) is 6.92 Å². The van der Waals surface area contributed by atoms with E-state index in [4.69, 9.17) is 23.2 Å². The average Bonchev–Trinajstić information content (AvgIpc) is 2.51. The Morgan fingerprint density at radius 1 is 0.960 bits per heavy atom. The molecule has 0 radical (unpaired) electrons. The van der Waals surface area contributed by atoms with Gasteiger partial charge in [0.25, 0.3) is 10.0 Å². The van der Waals surface area contributed by atoms with Crippen molar-refractivity contribution >= 4 is 48.9 Å². The minimum absolute atomic E-state index is 0.00916. The normalized spacial score (nSPS) is 12.4. The topological polar surface area (TPSA) is 83.5 Å². The van der Waals surface area contributed by atoms with Crippen molar-refractivity contribution in [1.82, 2.24) is 4.31 Å². The van der Waals surface area contributed by atoms with Gasteiger partial charge in [0.1, 0.15) is 4.90 Å². The van der Waals surface area contributed by atoms with Gasteiger partial charge < -0.3 is 0 Å². The number of nitrogens with one attached hydrogen (secondary N) is 1. The van der Waals surface area contributed by atoms with Gasteiger partial charge in [0.2, 0.25) is 10.0 Å². The van der Waals surface area contributed by atoms with Crippen LogP contribution in [0.25, 0.3) is 0 Å². The molecule has 25 heavy (non-hydrogen) atoms. The predicted octanol–water partition coefficient (Wildman–Crippen LogP) is 3.35. The largest absolute Gasteiger partial charge is 0.280 e. The summed E-state index contributed by atoms with van der Waals surface area (Å²) in [6.45, 7) is 1.63. The first-order chi connectivity index (χ1) is 11.5. The molecule has 2 aromatic rings. The fraction of sp³-hybridized carbons (Fsp3) is 0.200. The lowest BCUT2D eigenvalue weighted by Crippen LogP contribution is -2.23. The average molecular weight is 423 g/mol. The van der Waals surface area contributed by atoms with E-state index in [0.717, 1.165) is 4.31 Å². The van der Waals surface area contributed by atoms with E-state index in [1.165, 1.54) is 50.5 Å². The number of hydrogen-bond acceptors (Lipinski definition) is 4. The predicted molar refractivity (Wildman–Crippen MR) is 99.3 cm³/mol. The van der Waals surface area contributed by atoms with Crippen LogP contribution in [0, 0.1) is 6.92 Å². The molecule has 1 N–H and O–H groups in total. The van der Waals surface area contributed by atoms with Gasteiger partial charge in [-0.05, 0) is 36.8 Å². The molecular weight excluding hydrogens is 407 g/mol. The van der Waals surface area contributed by atoms with E-state index >= 15 is 0 Å². The van der Waals surface area contributed by atoms with Crippen molar-refractivity contribution < 1.29 is 16.8 Å². The first-order valence-electron chi connectivity index (χ1n) is 6.97. The highest BCUT2D eigenvalue weighted by molar-refractivity contribution is 7.93. The zero-order chi connectivity index (χ0) is 19.0. The van der Waals surface area contributed by atoms with Crippen LogP contribution in [0.15, 0.2) is 46.2 Å². The SMILES string of the molecule is Cc1ccc(NS(=O)(=O)c2cccc(Cl)c2Cl)cc1S(=O)(=O)N(C)C. The second kappa shape index (κ2) is 7.13. The quantitative estimate of drug-likeness (QED) is 0.800. The van der Waals surface area contributed by atoms with E-state index in [9.17, 15) is 16.8 Å². The van der Waals surface area contributed by atoms with Gasteiger partial charge in [0.15, 0.2) is 0 Å². The van der Waals surface area contributed by atoms with E-state index in [-0.39, 0.29) is 25.5 Å². The molecule has 0 saturated heterocycles. The van der Waals surface area contributed by atoms with Gasteiger partial charge in [-0.2, -0.15) is 0 Å². The molecule has 0 atom stereocenters. The maximum atomic E-state index is 12.5. The number of nitrogens with zero attached hydrogens (tertiary/aromatic N) is 1. The van der Waals surface area contributed by atoms with E-state index < -0.39 is 20.0 Å². The van der Waals surface area contributed by atoms with E-state index in [1.807, 2.05) is 0 Å². The molecule has 0 amide bonds. The second-order valence-electron chi connectivity index (χ2n) is 5.43. The molecule has 6 nitrogen and oxygen atoms in total. The molecule has 10 heteroatoms. The first kappa shape index (κ1) is 20.0. The number of benzene rings is 2. The molecule has 0 fully saturated rings. The fourth-order valence-corrected chi connectivity index (χ4v) is 5.00. The van der Waals surface area contributed by atoms with Gasteiger partial charge in [-0.15, -0.1) is 0 Å². The monoisotopic (exact) mass is 422 g/mol. The number of sulfonamides is 2. The minimum atomic E-state index is -4.04. The Labute approximate surface area is 157 Å². The third kappa shape index (κ3) is 4.09. The number of aryl methyl sites for hydroxylation is 1. The molecule has 0 heterocycles. The van der Waals surface area contributed by atoms with Gasteiger partial charge in [-0.25, -0.2) is 21.1 Å². The highest BCUT2D eigenvalue weighted by Crippen LogP contribution is 2.31. The number of halogens is 2. The van der Waals surface area contributed by atoms with E-state index in [0.29, 0.717) is 5.56 Å². The minimum Gasteiger partial charge on any atom is -0.280 e. The molecule has 136 valence electrons. The molecule has 0 unspecified atom stereocenters. The van der Waals surface area contributed by atoms with Crippen molar-refractivity contribution in [3.05, 3.63) is 52.0 Å². The molecule has 0 bridgehead atoms. The van der Waals surface area contributed by atoms with Gasteiger partial charge in [-0.1, -0.05) is 35.3 Å². The number of hydrogen-bond donors (Lipinski definition) is 1. The van der Waals surface area contributed by atoms with Crippen molar-refractivity contribution in [2.45, 2.75) is 16.7 Å². The van der Waals surface area contributed by atoms with Crippen molar-refractivity contribution in [2.75, 3.05) is 18.8 Å². The van der Waals surface area contributed by atoms with Gasteiger partial charge >= 0.3 is 0 Å². The Kier molecular flexibility index (Phi) is 5.70. The van der Waals surface area contributed by atoms with Crippen molar-refractivity contribution in [2.24, 2.45) is 0 Å². The van der Waals surface area contributed by atoms with Crippen molar-refractivity contribution in [3.63, 3.8) is 0 Å². The van der Waals surface area contributed by atoms with Crippen LogP contribution in [0.4, 0.5) is 5.69 Å². The zero-order valence-electron chi connectivity index (χ0n) is 13.6. The van der Waals surface area contributed by atoms with Crippen LogP contribution < -0.4 is 4.72 Å². The Morgan fingerprint density at radius 2 is 1.60 bits per heavy atom. The molecule has 0 saturated carbocycles. The van der Waals surface area contributed by atoms with Crippen molar-refractivity contribution in [3.8, 4) is 0 Å². The molecule has 2 rings (SSSR count). The summed E-state index contributed by atoms with van der Waals surface area (Å²) in [5, 5.41) is -0.00534. The molecule has 0 aromatic heterocycles.